The van der Waals surface area contributed by atoms with Crippen molar-refractivity contribution in [3.05, 3.63) is 62.3 Å². The van der Waals surface area contributed by atoms with E-state index in [0.717, 1.165) is 27.3 Å². The predicted molar refractivity (Wildman–Crippen MR) is 105 cm³/mol. The maximum atomic E-state index is 12.4. The van der Waals surface area contributed by atoms with Crippen LogP contribution in [0, 0.1) is 20.8 Å². The number of thiophene rings is 1. The molecule has 0 saturated heterocycles. The van der Waals surface area contributed by atoms with Crippen LogP contribution in [0.2, 0.25) is 0 Å². The van der Waals surface area contributed by atoms with Gasteiger partial charge in [0.25, 0.3) is 0 Å². The Hall–Kier alpha value is -2.31. The van der Waals surface area contributed by atoms with Crippen molar-refractivity contribution >= 4 is 34.4 Å². The van der Waals surface area contributed by atoms with E-state index >= 15 is 0 Å². The Morgan fingerprint density at radius 2 is 1.85 bits per heavy atom. The number of aromatic nitrogens is 1. The molecule has 0 aliphatic carbocycles. The summed E-state index contributed by atoms with van der Waals surface area (Å²) in [6, 6.07) is 5.83. The summed E-state index contributed by atoms with van der Waals surface area (Å²) in [4.78, 5) is 28.9. The number of carbonyl (C=O) groups is 2. The largest absolute Gasteiger partial charge is 0.457 e. The van der Waals surface area contributed by atoms with Gasteiger partial charge in [0.2, 0.25) is 5.78 Å². The highest BCUT2D eigenvalue weighted by atomic mass is 32.1. The van der Waals surface area contributed by atoms with Crippen molar-refractivity contribution in [1.82, 2.24) is 4.98 Å². The van der Waals surface area contributed by atoms with Crippen LogP contribution in [0.15, 0.2) is 34.3 Å². The number of ether oxygens (including phenoxy) is 1. The van der Waals surface area contributed by atoms with Crippen LogP contribution in [0.25, 0.3) is 10.6 Å². The molecular weight excluding hydrogens is 366 g/mol. The number of Topliss-reactive ketones (excluding diaryl/α,β-unsaturated/α-hetero) is 1. The smallest absolute Gasteiger partial charge is 0.312 e. The Morgan fingerprint density at radius 1 is 1.08 bits per heavy atom. The molecule has 26 heavy (non-hydrogen) atoms. The zero-order valence-electron chi connectivity index (χ0n) is 14.9. The summed E-state index contributed by atoms with van der Waals surface area (Å²) in [6.45, 7) is 5.62. The molecule has 0 aliphatic heterocycles. The van der Waals surface area contributed by atoms with Gasteiger partial charge >= 0.3 is 5.97 Å². The molecule has 3 rings (SSSR count). The molecule has 0 N–H and O–H groups in total. The normalized spacial score (nSPS) is 10.7. The third kappa shape index (κ3) is 4.26. The second kappa shape index (κ2) is 7.93. The van der Waals surface area contributed by atoms with E-state index in [1.165, 1.54) is 11.3 Å². The minimum Gasteiger partial charge on any atom is -0.457 e. The molecule has 6 heteroatoms. The van der Waals surface area contributed by atoms with E-state index in [-0.39, 0.29) is 18.8 Å². The minimum absolute atomic E-state index is 0.0693. The first-order valence-corrected chi connectivity index (χ1v) is 10.00. The summed E-state index contributed by atoms with van der Waals surface area (Å²) in [5, 5.41) is 6.75. The lowest BCUT2D eigenvalue weighted by atomic mass is 9.98. The van der Waals surface area contributed by atoms with Gasteiger partial charge in [-0.25, -0.2) is 4.98 Å². The van der Waals surface area contributed by atoms with E-state index in [9.17, 15) is 9.59 Å². The Bertz CT molecular complexity index is 942. The Labute approximate surface area is 160 Å². The quantitative estimate of drug-likeness (QED) is 0.453. The number of ketones is 1. The second-order valence-corrected chi connectivity index (χ2v) is 7.81. The molecule has 0 spiro atoms. The number of thiazole rings is 1. The lowest BCUT2D eigenvalue weighted by Gasteiger charge is -2.09. The first-order chi connectivity index (χ1) is 12.4. The van der Waals surface area contributed by atoms with Gasteiger partial charge in [0.1, 0.15) is 5.01 Å². The standard InChI is InChI=1S/C20H19NO3S2/c1-12-6-14(3)17(7-13(12)2)18(22)9-24-19(23)8-16-11-26-20(21-16)15-4-5-25-10-15/h4-7,10-11H,8-9H2,1-3H3. The maximum absolute atomic E-state index is 12.4. The zero-order chi connectivity index (χ0) is 18.7. The van der Waals surface area contributed by atoms with Crippen molar-refractivity contribution in [3.8, 4) is 10.6 Å². The molecule has 0 bridgehead atoms. The molecule has 0 unspecified atom stereocenters. The lowest BCUT2D eigenvalue weighted by molar-refractivity contribution is -0.141. The van der Waals surface area contributed by atoms with Crippen molar-refractivity contribution in [3.63, 3.8) is 0 Å². The molecule has 0 saturated carbocycles. The van der Waals surface area contributed by atoms with E-state index in [1.807, 2.05) is 55.1 Å². The molecule has 2 heterocycles. The molecular formula is C20H19NO3S2. The van der Waals surface area contributed by atoms with Crippen LogP contribution >= 0.6 is 22.7 Å². The molecule has 2 aromatic heterocycles. The number of rotatable bonds is 6. The summed E-state index contributed by atoms with van der Waals surface area (Å²) < 4.78 is 5.17. The van der Waals surface area contributed by atoms with Gasteiger partial charge < -0.3 is 4.74 Å². The van der Waals surface area contributed by atoms with Crippen LogP contribution in [-0.4, -0.2) is 23.3 Å². The number of benzene rings is 1. The summed E-state index contributed by atoms with van der Waals surface area (Å²) in [6.07, 6.45) is 0.0693. The topological polar surface area (TPSA) is 56.3 Å². The number of aryl methyl sites for hydroxylation is 3. The van der Waals surface area contributed by atoms with E-state index in [0.29, 0.717) is 11.3 Å². The van der Waals surface area contributed by atoms with E-state index in [2.05, 4.69) is 4.98 Å². The number of hydrogen-bond acceptors (Lipinski definition) is 6. The summed E-state index contributed by atoms with van der Waals surface area (Å²) in [7, 11) is 0. The van der Waals surface area contributed by atoms with Crippen LogP contribution in [0.4, 0.5) is 0 Å². The number of carbonyl (C=O) groups excluding carboxylic acids is 2. The van der Waals surface area contributed by atoms with Gasteiger partial charge in [-0.2, -0.15) is 11.3 Å². The third-order valence-electron chi connectivity index (χ3n) is 4.15. The average Bonchev–Trinajstić information content (AvgIpc) is 3.27. The molecule has 0 radical (unpaired) electrons. The second-order valence-electron chi connectivity index (χ2n) is 6.17. The first kappa shape index (κ1) is 18.5. The molecule has 0 fully saturated rings. The molecule has 0 amide bonds. The molecule has 134 valence electrons. The minimum atomic E-state index is -0.443. The fraction of sp³-hybridized carbons (Fsp3) is 0.250. The summed E-state index contributed by atoms with van der Waals surface area (Å²) >= 11 is 3.10. The third-order valence-corrected chi connectivity index (χ3v) is 5.77. The van der Waals surface area contributed by atoms with E-state index in [1.54, 1.807) is 11.3 Å². The highest BCUT2D eigenvalue weighted by Crippen LogP contribution is 2.26. The molecule has 0 atom stereocenters. The molecule has 1 aromatic carbocycles. The first-order valence-electron chi connectivity index (χ1n) is 8.17. The van der Waals surface area contributed by atoms with Crippen LogP contribution in [0.1, 0.15) is 32.7 Å². The van der Waals surface area contributed by atoms with Gasteiger partial charge in [0.05, 0.1) is 12.1 Å². The molecule has 3 aromatic rings. The van der Waals surface area contributed by atoms with Crippen molar-refractivity contribution < 1.29 is 14.3 Å². The van der Waals surface area contributed by atoms with Crippen molar-refractivity contribution in [2.75, 3.05) is 6.61 Å². The van der Waals surface area contributed by atoms with Gasteiger partial charge in [0.15, 0.2) is 6.61 Å². The fourth-order valence-corrected chi connectivity index (χ4v) is 4.12. The van der Waals surface area contributed by atoms with E-state index < -0.39 is 5.97 Å². The van der Waals surface area contributed by atoms with Crippen LogP contribution in [0.3, 0.4) is 0 Å². The highest BCUT2D eigenvalue weighted by molar-refractivity contribution is 7.14. The Kier molecular flexibility index (Phi) is 5.64. The van der Waals surface area contributed by atoms with E-state index in [4.69, 9.17) is 4.74 Å². The van der Waals surface area contributed by atoms with Gasteiger partial charge in [-0.15, -0.1) is 11.3 Å². The number of nitrogens with zero attached hydrogens (tertiary/aromatic N) is 1. The Morgan fingerprint density at radius 3 is 2.58 bits per heavy atom. The zero-order valence-corrected chi connectivity index (χ0v) is 16.5. The van der Waals surface area contributed by atoms with Crippen molar-refractivity contribution in [2.45, 2.75) is 27.2 Å². The Balaban J connectivity index is 1.57. The fourth-order valence-electron chi connectivity index (χ4n) is 2.59. The predicted octanol–water partition coefficient (Wildman–Crippen LogP) is 4.77. The van der Waals surface area contributed by atoms with Crippen LogP contribution in [-0.2, 0) is 16.0 Å². The van der Waals surface area contributed by atoms with Crippen LogP contribution < -0.4 is 0 Å². The van der Waals surface area contributed by atoms with Gasteiger partial charge in [0, 0.05) is 21.9 Å². The molecule has 4 nitrogen and oxygen atoms in total. The monoisotopic (exact) mass is 385 g/mol. The summed E-state index contributed by atoms with van der Waals surface area (Å²) in [5.41, 5.74) is 5.41. The lowest BCUT2D eigenvalue weighted by Crippen LogP contribution is -2.17. The maximum Gasteiger partial charge on any atom is 0.312 e. The SMILES string of the molecule is Cc1cc(C)c(C(=O)COC(=O)Cc2csc(-c3ccsc3)n2)cc1C. The van der Waals surface area contributed by atoms with Gasteiger partial charge in [-0.05, 0) is 55.0 Å². The average molecular weight is 386 g/mol. The number of esters is 1. The van der Waals surface area contributed by atoms with Gasteiger partial charge in [-0.3, -0.25) is 9.59 Å². The van der Waals surface area contributed by atoms with Gasteiger partial charge in [-0.1, -0.05) is 6.07 Å². The highest BCUT2D eigenvalue weighted by Gasteiger charge is 2.15. The summed E-state index contributed by atoms with van der Waals surface area (Å²) in [5.74, 6) is -0.627. The molecule has 0 aliphatic rings. The van der Waals surface area contributed by atoms with Crippen molar-refractivity contribution in [1.29, 1.82) is 0 Å². The van der Waals surface area contributed by atoms with Crippen LogP contribution in [0.5, 0.6) is 0 Å². The van der Waals surface area contributed by atoms with Crippen molar-refractivity contribution in [2.24, 2.45) is 0 Å². The number of hydrogen-bond donors (Lipinski definition) is 0.